The molecule has 0 spiro atoms. The van der Waals surface area contributed by atoms with E-state index in [0.717, 1.165) is 22.7 Å². The molecule has 5 heteroatoms. The second-order valence-electron chi connectivity index (χ2n) is 4.99. The lowest BCUT2D eigenvalue weighted by molar-refractivity contribution is 0.730. The van der Waals surface area contributed by atoms with Crippen LogP contribution in [-0.4, -0.2) is 14.8 Å². The van der Waals surface area contributed by atoms with Gasteiger partial charge >= 0.3 is 0 Å². The van der Waals surface area contributed by atoms with Crippen LogP contribution in [0.3, 0.4) is 0 Å². The van der Waals surface area contributed by atoms with E-state index in [4.69, 9.17) is 16.9 Å². The number of aromatic nitrogens is 2. The lowest BCUT2D eigenvalue weighted by atomic mass is 10.2. The van der Waals surface area contributed by atoms with Crippen molar-refractivity contribution in [1.82, 2.24) is 9.55 Å². The van der Waals surface area contributed by atoms with Gasteiger partial charge in [0.05, 0.1) is 28.9 Å². The highest BCUT2D eigenvalue weighted by molar-refractivity contribution is 8.00. The summed E-state index contributed by atoms with van der Waals surface area (Å²) < 4.78 is 2.14. The number of imidazole rings is 1. The molecule has 0 N–H and O–H groups in total. The SMILES string of the molecule is CC(C#N)Sc1nc2cc(Cl)ccc2n1Cc1ccccc1. The lowest BCUT2D eigenvalue weighted by Crippen LogP contribution is -2.03. The Hall–Kier alpha value is -1.96. The molecule has 0 saturated carbocycles. The van der Waals surface area contributed by atoms with Gasteiger partial charge in [0.2, 0.25) is 0 Å². The fourth-order valence-corrected chi connectivity index (χ4v) is 3.25. The molecule has 0 saturated heterocycles. The van der Waals surface area contributed by atoms with E-state index < -0.39 is 0 Å². The van der Waals surface area contributed by atoms with E-state index in [1.165, 1.54) is 17.3 Å². The molecule has 0 aliphatic rings. The van der Waals surface area contributed by atoms with Gasteiger partial charge in [-0.05, 0) is 30.7 Å². The number of thioether (sulfide) groups is 1. The van der Waals surface area contributed by atoms with Gasteiger partial charge in [0.15, 0.2) is 5.16 Å². The number of hydrogen-bond acceptors (Lipinski definition) is 3. The summed E-state index contributed by atoms with van der Waals surface area (Å²) in [5, 5.41) is 10.4. The number of nitriles is 1. The molecule has 22 heavy (non-hydrogen) atoms. The van der Waals surface area contributed by atoms with E-state index >= 15 is 0 Å². The molecule has 0 amide bonds. The van der Waals surface area contributed by atoms with Crippen LogP contribution in [0.1, 0.15) is 12.5 Å². The van der Waals surface area contributed by atoms with Crippen LogP contribution < -0.4 is 0 Å². The second-order valence-corrected chi connectivity index (χ2v) is 6.73. The fourth-order valence-electron chi connectivity index (χ4n) is 2.27. The van der Waals surface area contributed by atoms with Crippen molar-refractivity contribution in [2.75, 3.05) is 0 Å². The Bertz CT molecular complexity index is 836. The van der Waals surface area contributed by atoms with Crippen LogP contribution in [0.25, 0.3) is 11.0 Å². The van der Waals surface area contributed by atoms with Crippen molar-refractivity contribution in [2.45, 2.75) is 23.9 Å². The van der Waals surface area contributed by atoms with Gasteiger partial charge in [-0.2, -0.15) is 5.26 Å². The maximum Gasteiger partial charge on any atom is 0.170 e. The zero-order valence-electron chi connectivity index (χ0n) is 12.0. The topological polar surface area (TPSA) is 41.6 Å². The molecule has 1 aromatic heterocycles. The minimum Gasteiger partial charge on any atom is -0.314 e. The Morgan fingerprint density at radius 1 is 1.27 bits per heavy atom. The number of hydrogen-bond donors (Lipinski definition) is 0. The molecule has 0 fully saturated rings. The lowest BCUT2D eigenvalue weighted by Gasteiger charge is -2.09. The molecule has 1 heterocycles. The molecular formula is C17H14ClN3S. The van der Waals surface area contributed by atoms with Gasteiger partial charge in [0, 0.05) is 5.02 Å². The van der Waals surface area contributed by atoms with Crippen molar-refractivity contribution in [3.63, 3.8) is 0 Å². The molecule has 0 radical (unpaired) electrons. The molecule has 0 aliphatic heterocycles. The Balaban J connectivity index is 2.08. The predicted octanol–water partition coefficient (Wildman–Crippen LogP) is 4.74. The van der Waals surface area contributed by atoms with Crippen LogP contribution in [0.2, 0.25) is 5.02 Å². The average Bonchev–Trinajstić information content (AvgIpc) is 2.84. The van der Waals surface area contributed by atoms with Gasteiger partial charge in [-0.1, -0.05) is 53.7 Å². The van der Waals surface area contributed by atoms with Crippen LogP contribution in [0.15, 0.2) is 53.7 Å². The van der Waals surface area contributed by atoms with Gasteiger partial charge in [-0.25, -0.2) is 4.98 Å². The molecule has 1 atom stereocenters. The average molecular weight is 328 g/mol. The van der Waals surface area contributed by atoms with Crippen molar-refractivity contribution in [3.8, 4) is 6.07 Å². The van der Waals surface area contributed by atoms with Gasteiger partial charge in [0.25, 0.3) is 0 Å². The van der Waals surface area contributed by atoms with Gasteiger partial charge in [0.1, 0.15) is 0 Å². The number of nitrogens with zero attached hydrogens (tertiary/aromatic N) is 3. The predicted molar refractivity (Wildman–Crippen MR) is 91.2 cm³/mol. The summed E-state index contributed by atoms with van der Waals surface area (Å²) in [5.74, 6) is 0. The molecule has 0 bridgehead atoms. The van der Waals surface area contributed by atoms with Crippen LogP contribution >= 0.6 is 23.4 Å². The van der Waals surface area contributed by atoms with E-state index in [2.05, 4.69) is 27.8 Å². The summed E-state index contributed by atoms with van der Waals surface area (Å²) in [7, 11) is 0. The third-order valence-electron chi connectivity index (χ3n) is 3.32. The number of fused-ring (bicyclic) bond motifs is 1. The molecule has 2 aromatic carbocycles. The van der Waals surface area contributed by atoms with Crippen LogP contribution in [0.5, 0.6) is 0 Å². The maximum atomic E-state index is 9.07. The summed E-state index contributed by atoms with van der Waals surface area (Å²) in [6.45, 7) is 2.60. The first-order chi connectivity index (χ1) is 10.7. The molecule has 3 rings (SSSR count). The van der Waals surface area contributed by atoms with Crippen molar-refractivity contribution in [2.24, 2.45) is 0 Å². The van der Waals surface area contributed by atoms with Gasteiger partial charge < -0.3 is 4.57 Å². The molecule has 0 aliphatic carbocycles. The highest BCUT2D eigenvalue weighted by Gasteiger charge is 2.14. The first-order valence-electron chi connectivity index (χ1n) is 6.93. The van der Waals surface area contributed by atoms with E-state index in [-0.39, 0.29) is 5.25 Å². The monoisotopic (exact) mass is 327 g/mol. The maximum absolute atomic E-state index is 9.07. The quantitative estimate of drug-likeness (QED) is 0.650. The number of rotatable bonds is 4. The van der Waals surface area contributed by atoms with Crippen molar-refractivity contribution in [1.29, 1.82) is 5.26 Å². The second kappa shape index (κ2) is 6.43. The van der Waals surface area contributed by atoms with E-state index in [9.17, 15) is 0 Å². The number of benzene rings is 2. The standard InChI is InChI=1S/C17H14ClN3S/c1-12(10-19)22-17-20-15-9-14(18)7-8-16(15)21(17)11-13-5-3-2-4-6-13/h2-9,12H,11H2,1H3. The largest absolute Gasteiger partial charge is 0.314 e. The first-order valence-corrected chi connectivity index (χ1v) is 8.19. The zero-order valence-corrected chi connectivity index (χ0v) is 13.6. The van der Waals surface area contributed by atoms with Crippen LogP contribution in [0.4, 0.5) is 0 Å². The van der Waals surface area contributed by atoms with E-state index in [0.29, 0.717) is 5.02 Å². The Labute approximate surface area is 138 Å². The number of halogens is 1. The Morgan fingerprint density at radius 3 is 2.77 bits per heavy atom. The highest BCUT2D eigenvalue weighted by Crippen LogP contribution is 2.29. The molecule has 110 valence electrons. The smallest absolute Gasteiger partial charge is 0.170 e. The van der Waals surface area contributed by atoms with Crippen LogP contribution in [-0.2, 0) is 6.54 Å². The zero-order chi connectivity index (χ0) is 15.5. The molecular weight excluding hydrogens is 314 g/mol. The highest BCUT2D eigenvalue weighted by atomic mass is 35.5. The van der Waals surface area contributed by atoms with Crippen molar-refractivity contribution in [3.05, 3.63) is 59.1 Å². The third-order valence-corrected chi connectivity index (χ3v) is 4.54. The summed E-state index contributed by atoms with van der Waals surface area (Å²) in [5.41, 5.74) is 3.08. The van der Waals surface area contributed by atoms with E-state index in [1.54, 1.807) is 0 Å². The summed E-state index contributed by atoms with van der Waals surface area (Å²) in [6, 6.07) is 18.2. The molecule has 3 nitrogen and oxygen atoms in total. The van der Waals surface area contributed by atoms with Gasteiger partial charge in [-0.3, -0.25) is 0 Å². The van der Waals surface area contributed by atoms with Crippen molar-refractivity contribution >= 4 is 34.4 Å². The fraction of sp³-hybridized carbons (Fsp3) is 0.176. The van der Waals surface area contributed by atoms with Gasteiger partial charge in [-0.15, -0.1) is 0 Å². The van der Waals surface area contributed by atoms with E-state index in [1.807, 2.05) is 43.3 Å². The Morgan fingerprint density at radius 2 is 2.05 bits per heavy atom. The third kappa shape index (κ3) is 3.11. The van der Waals surface area contributed by atoms with Crippen molar-refractivity contribution < 1.29 is 0 Å². The minimum atomic E-state index is -0.151. The summed E-state index contributed by atoms with van der Waals surface area (Å²) in [6.07, 6.45) is 0. The first kappa shape index (κ1) is 15.0. The van der Waals surface area contributed by atoms with Crippen LogP contribution in [0, 0.1) is 11.3 Å². The Kier molecular flexibility index (Phi) is 4.37. The summed E-state index contributed by atoms with van der Waals surface area (Å²) >= 11 is 7.53. The molecule has 3 aromatic rings. The minimum absolute atomic E-state index is 0.151. The summed E-state index contributed by atoms with van der Waals surface area (Å²) in [4.78, 5) is 4.65. The normalized spacial score (nSPS) is 12.2. The molecule has 1 unspecified atom stereocenters.